The number of hydrogen-bond acceptors (Lipinski definition) is 6. The van der Waals surface area contributed by atoms with Crippen LogP contribution in [-0.4, -0.2) is 35.8 Å². The first-order chi connectivity index (χ1) is 14.6. The maximum absolute atomic E-state index is 12.9. The summed E-state index contributed by atoms with van der Waals surface area (Å²) in [4.78, 5) is 24.5. The Bertz CT molecular complexity index is 994. The minimum absolute atomic E-state index is 0.0739. The summed E-state index contributed by atoms with van der Waals surface area (Å²) in [6.07, 6.45) is -2.14. The van der Waals surface area contributed by atoms with Gasteiger partial charge in [0, 0.05) is 17.5 Å². The summed E-state index contributed by atoms with van der Waals surface area (Å²) in [5.74, 6) is -2.59. The van der Waals surface area contributed by atoms with Crippen LogP contribution in [0.1, 0.15) is 52.6 Å². The number of carbonyl (C=O) groups excluding carboxylic acids is 2. The van der Waals surface area contributed by atoms with Crippen molar-refractivity contribution in [3.63, 3.8) is 0 Å². The predicted octanol–water partition coefficient (Wildman–Crippen LogP) is 3.87. The molecule has 0 spiro atoms. The van der Waals surface area contributed by atoms with E-state index in [2.05, 4.69) is 15.8 Å². The van der Waals surface area contributed by atoms with Gasteiger partial charge in [-0.15, -0.1) is 0 Å². The first-order valence-corrected chi connectivity index (χ1v) is 10.0. The quantitative estimate of drug-likeness (QED) is 0.505. The highest BCUT2D eigenvalue weighted by molar-refractivity contribution is 6.07. The van der Waals surface area contributed by atoms with Crippen molar-refractivity contribution in [1.82, 2.24) is 10.5 Å². The number of aromatic nitrogens is 1. The molecule has 2 aromatic rings. The number of para-hydroxylation sites is 1. The van der Waals surface area contributed by atoms with Crippen molar-refractivity contribution in [2.24, 2.45) is 5.92 Å². The zero-order chi connectivity index (χ0) is 22.3. The van der Waals surface area contributed by atoms with Gasteiger partial charge in [0.2, 0.25) is 0 Å². The molecule has 1 heterocycles. The van der Waals surface area contributed by atoms with Gasteiger partial charge >= 0.3 is 12.1 Å². The molecule has 0 saturated heterocycles. The molecule has 1 amide bonds. The molecule has 166 valence electrons. The lowest BCUT2D eigenvalue weighted by Crippen LogP contribution is -2.29. The average Bonchev–Trinajstić information content (AvgIpc) is 3.62. The number of alkyl halides is 3. The van der Waals surface area contributed by atoms with Crippen LogP contribution in [-0.2, 0) is 4.79 Å². The Labute approximate surface area is 176 Å². The molecule has 0 aliphatic heterocycles. The van der Waals surface area contributed by atoms with Crippen molar-refractivity contribution in [3.05, 3.63) is 40.8 Å². The van der Waals surface area contributed by atoms with Crippen LogP contribution in [0.4, 0.5) is 18.9 Å². The summed E-state index contributed by atoms with van der Waals surface area (Å²) in [5.41, 5.74) is 0.974. The molecule has 1 aromatic carbocycles. The molecule has 7 nitrogen and oxygen atoms in total. The SMILES string of the molecule is Cc1noc(C)c1NC(=O)c1cccc(C2CC2NCC2CC2)c1OC(=O)C(F)(F)F. The van der Waals surface area contributed by atoms with Gasteiger partial charge in [-0.1, -0.05) is 17.3 Å². The molecule has 10 heteroatoms. The first-order valence-electron chi connectivity index (χ1n) is 10.0. The average molecular weight is 437 g/mol. The molecule has 31 heavy (non-hydrogen) atoms. The number of benzene rings is 1. The van der Waals surface area contributed by atoms with E-state index in [1.807, 2.05) is 0 Å². The molecular weight excluding hydrogens is 415 g/mol. The van der Waals surface area contributed by atoms with Gasteiger partial charge in [0.25, 0.3) is 5.91 Å². The standard InChI is InChI=1S/C21H22F3N3O4/c1-10-17(11(2)31-27-10)26-19(28)14-5-3-4-13(18(14)30-20(29)21(22,23)24)15-8-16(15)25-9-12-6-7-12/h3-5,12,15-16,25H,6-9H2,1-2H3,(H,26,28). The molecular formula is C21H22F3N3O4. The third-order valence-corrected chi connectivity index (χ3v) is 5.54. The molecule has 2 N–H and O–H groups in total. The molecule has 2 unspecified atom stereocenters. The number of carbonyl (C=O) groups is 2. The van der Waals surface area contributed by atoms with Crippen LogP contribution in [0, 0.1) is 19.8 Å². The molecule has 2 atom stereocenters. The maximum Gasteiger partial charge on any atom is 0.491 e. The Balaban J connectivity index is 1.62. The van der Waals surface area contributed by atoms with E-state index in [0.717, 1.165) is 6.54 Å². The zero-order valence-electron chi connectivity index (χ0n) is 17.0. The molecule has 0 radical (unpaired) electrons. The van der Waals surface area contributed by atoms with Gasteiger partial charge < -0.3 is 19.9 Å². The number of nitrogens with zero attached hydrogens (tertiary/aromatic N) is 1. The van der Waals surface area contributed by atoms with Crippen LogP contribution < -0.4 is 15.4 Å². The van der Waals surface area contributed by atoms with Gasteiger partial charge in [-0.2, -0.15) is 13.2 Å². The van der Waals surface area contributed by atoms with Gasteiger partial charge in [-0.3, -0.25) is 4.79 Å². The number of esters is 1. The smallest absolute Gasteiger partial charge is 0.419 e. The lowest BCUT2D eigenvalue weighted by Gasteiger charge is -2.16. The molecule has 2 aliphatic rings. The number of aryl methyl sites for hydroxylation is 2. The van der Waals surface area contributed by atoms with Crippen LogP contribution in [0.15, 0.2) is 22.7 Å². The fourth-order valence-corrected chi connectivity index (χ4v) is 3.54. The Morgan fingerprint density at radius 1 is 1.26 bits per heavy atom. The number of ether oxygens (including phenoxy) is 1. The van der Waals surface area contributed by atoms with Crippen molar-refractivity contribution in [1.29, 1.82) is 0 Å². The van der Waals surface area contributed by atoms with E-state index in [1.54, 1.807) is 26.0 Å². The molecule has 2 saturated carbocycles. The van der Waals surface area contributed by atoms with E-state index in [9.17, 15) is 22.8 Å². The fourth-order valence-electron chi connectivity index (χ4n) is 3.54. The van der Waals surface area contributed by atoms with E-state index < -0.39 is 18.1 Å². The highest BCUT2D eigenvalue weighted by Crippen LogP contribution is 2.47. The van der Waals surface area contributed by atoms with E-state index in [-0.39, 0.29) is 23.3 Å². The summed E-state index contributed by atoms with van der Waals surface area (Å²) in [6, 6.07) is 4.56. The molecule has 2 fully saturated rings. The normalized spacial score (nSPS) is 20.4. The molecule has 1 aromatic heterocycles. The Hall–Kier alpha value is -2.88. The Kier molecular flexibility index (Phi) is 5.50. The second-order valence-corrected chi connectivity index (χ2v) is 8.06. The van der Waals surface area contributed by atoms with Gasteiger partial charge in [-0.25, -0.2) is 4.79 Å². The first kappa shape index (κ1) is 21.4. The number of anilines is 1. The minimum Gasteiger partial charge on any atom is -0.419 e. The van der Waals surface area contributed by atoms with Crippen LogP contribution in [0.3, 0.4) is 0 Å². The molecule has 2 aliphatic carbocycles. The van der Waals surface area contributed by atoms with E-state index in [0.29, 0.717) is 35.0 Å². The number of halogens is 3. The molecule has 4 rings (SSSR count). The van der Waals surface area contributed by atoms with Crippen molar-refractivity contribution in [2.45, 2.75) is 51.2 Å². The minimum atomic E-state index is -5.18. The van der Waals surface area contributed by atoms with Crippen LogP contribution in [0.2, 0.25) is 0 Å². The van der Waals surface area contributed by atoms with Gasteiger partial charge in [0.1, 0.15) is 17.1 Å². The van der Waals surface area contributed by atoms with Crippen LogP contribution in [0.5, 0.6) is 5.75 Å². The van der Waals surface area contributed by atoms with Crippen molar-refractivity contribution >= 4 is 17.6 Å². The summed E-state index contributed by atoms with van der Waals surface area (Å²) in [6.45, 7) is 4.06. The van der Waals surface area contributed by atoms with Gasteiger partial charge in [0.15, 0.2) is 5.76 Å². The summed E-state index contributed by atoms with van der Waals surface area (Å²) in [7, 11) is 0. The van der Waals surface area contributed by atoms with E-state index >= 15 is 0 Å². The predicted molar refractivity (Wildman–Crippen MR) is 104 cm³/mol. The molecule has 0 bridgehead atoms. The summed E-state index contributed by atoms with van der Waals surface area (Å²) >= 11 is 0. The number of hydrogen-bond donors (Lipinski definition) is 2. The van der Waals surface area contributed by atoms with Crippen LogP contribution in [0.25, 0.3) is 0 Å². The third kappa shape index (κ3) is 4.73. The van der Waals surface area contributed by atoms with Crippen molar-refractivity contribution in [2.75, 3.05) is 11.9 Å². The lowest BCUT2D eigenvalue weighted by atomic mass is 10.0. The van der Waals surface area contributed by atoms with Crippen molar-refractivity contribution in [3.8, 4) is 5.75 Å². The maximum atomic E-state index is 12.9. The van der Waals surface area contributed by atoms with Gasteiger partial charge in [-0.05, 0) is 51.6 Å². The Morgan fingerprint density at radius 3 is 2.61 bits per heavy atom. The second-order valence-electron chi connectivity index (χ2n) is 8.06. The number of amides is 1. The number of nitrogens with one attached hydrogen (secondary N) is 2. The highest BCUT2D eigenvalue weighted by Gasteiger charge is 2.45. The largest absolute Gasteiger partial charge is 0.491 e. The van der Waals surface area contributed by atoms with Crippen molar-refractivity contribution < 1.29 is 32.0 Å². The summed E-state index contributed by atoms with van der Waals surface area (Å²) in [5, 5.41) is 9.72. The number of rotatable bonds is 7. The van der Waals surface area contributed by atoms with Crippen LogP contribution >= 0.6 is 0 Å². The topological polar surface area (TPSA) is 93.5 Å². The van der Waals surface area contributed by atoms with E-state index in [1.165, 1.54) is 18.9 Å². The van der Waals surface area contributed by atoms with E-state index in [4.69, 9.17) is 9.26 Å². The third-order valence-electron chi connectivity index (χ3n) is 5.54. The highest BCUT2D eigenvalue weighted by atomic mass is 19.4. The summed E-state index contributed by atoms with van der Waals surface area (Å²) < 4.78 is 48.5. The Morgan fingerprint density at radius 2 is 2.00 bits per heavy atom. The van der Waals surface area contributed by atoms with Gasteiger partial charge in [0.05, 0.1) is 5.56 Å². The lowest BCUT2D eigenvalue weighted by molar-refractivity contribution is -0.189. The zero-order valence-corrected chi connectivity index (χ0v) is 17.0. The monoisotopic (exact) mass is 437 g/mol. The second kappa shape index (κ2) is 7.99. The fraction of sp³-hybridized carbons (Fsp3) is 0.476.